The van der Waals surface area contributed by atoms with E-state index in [1.54, 1.807) is 0 Å². The van der Waals surface area contributed by atoms with Crippen molar-refractivity contribution in [2.45, 2.75) is 70.8 Å². The minimum atomic E-state index is 0.312. The van der Waals surface area contributed by atoms with Gasteiger partial charge in [0, 0.05) is 12.1 Å². The van der Waals surface area contributed by atoms with Crippen molar-refractivity contribution >= 4 is 0 Å². The Bertz CT molecular complexity index is 205. The molecule has 0 aromatic heterocycles. The molecule has 2 unspecified atom stereocenters. The Morgan fingerprint density at radius 3 is 2.65 bits per heavy atom. The van der Waals surface area contributed by atoms with Crippen molar-refractivity contribution in [2.75, 3.05) is 20.1 Å². The smallest absolute Gasteiger partial charge is 0.0331 e. The summed E-state index contributed by atoms with van der Waals surface area (Å²) in [5.41, 5.74) is 6.43. The monoisotopic (exact) mass is 240 g/mol. The quantitative estimate of drug-likeness (QED) is 0.691. The van der Waals surface area contributed by atoms with E-state index in [4.69, 9.17) is 5.73 Å². The second-order valence-electron chi connectivity index (χ2n) is 5.93. The van der Waals surface area contributed by atoms with Gasteiger partial charge in [0.15, 0.2) is 0 Å². The molecule has 17 heavy (non-hydrogen) atoms. The first-order chi connectivity index (χ1) is 8.18. The van der Waals surface area contributed by atoms with Crippen LogP contribution in [0, 0.1) is 5.92 Å². The average molecular weight is 240 g/mol. The van der Waals surface area contributed by atoms with Gasteiger partial charge in [-0.3, -0.25) is 4.90 Å². The van der Waals surface area contributed by atoms with Gasteiger partial charge < -0.3 is 5.73 Å². The summed E-state index contributed by atoms with van der Waals surface area (Å²) in [5, 5.41) is 0. The van der Waals surface area contributed by atoms with E-state index in [0.717, 1.165) is 12.5 Å². The number of hydrogen-bond acceptors (Lipinski definition) is 2. The largest absolute Gasteiger partial charge is 0.329 e. The Kier molecular flexibility index (Phi) is 6.50. The molecule has 0 bridgehead atoms. The third kappa shape index (κ3) is 3.96. The van der Waals surface area contributed by atoms with Crippen LogP contribution in [-0.4, -0.2) is 30.6 Å². The van der Waals surface area contributed by atoms with Gasteiger partial charge in [-0.15, -0.1) is 0 Å². The summed E-state index contributed by atoms with van der Waals surface area (Å²) in [6, 6.07) is 0. The van der Waals surface area contributed by atoms with E-state index in [1.807, 2.05) is 0 Å². The highest BCUT2D eigenvalue weighted by Crippen LogP contribution is 2.37. The van der Waals surface area contributed by atoms with Crippen LogP contribution in [-0.2, 0) is 0 Å². The maximum Gasteiger partial charge on any atom is 0.0331 e. The molecule has 1 fully saturated rings. The van der Waals surface area contributed by atoms with Crippen LogP contribution in [0.3, 0.4) is 0 Å². The molecule has 2 heteroatoms. The molecule has 1 saturated carbocycles. The molecule has 0 spiro atoms. The van der Waals surface area contributed by atoms with Crippen molar-refractivity contribution < 1.29 is 0 Å². The summed E-state index contributed by atoms with van der Waals surface area (Å²) in [6.45, 7) is 6.66. The molecule has 102 valence electrons. The van der Waals surface area contributed by atoms with Crippen molar-refractivity contribution in [1.29, 1.82) is 0 Å². The lowest BCUT2D eigenvalue weighted by atomic mass is 9.73. The molecule has 1 aliphatic rings. The summed E-state index contributed by atoms with van der Waals surface area (Å²) in [7, 11) is 2.29. The summed E-state index contributed by atoms with van der Waals surface area (Å²) < 4.78 is 0. The van der Waals surface area contributed by atoms with Crippen LogP contribution in [0.2, 0.25) is 0 Å². The summed E-state index contributed by atoms with van der Waals surface area (Å²) in [4.78, 5) is 2.57. The van der Waals surface area contributed by atoms with E-state index >= 15 is 0 Å². The van der Waals surface area contributed by atoms with E-state index in [1.165, 1.54) is 57.9 Å². The molecule has 2 atom stereocenters. The fraction of sp³-hybridized carbons (Fsp3) is 1.00. The van der Waals surface area contributed by atoms with Crippen molar-refractivity contribution in [1.82, 2.24) is 4.90 Å². The Morgan fingerprint density at radius 2 is 2.06 bits per heavy atom. The Hall–Kier alpha value is -0.0800. The normalized spacial score (nSPS) is 29.8. The van der Waals surface area contributed by atoms with Gasteiger partial charge in [-0.05, 0) is 38.8 Å². The van der Waals surface area contributed by atoms with Gasteiger partial charge in [0.1, 0.15) is 0 Å². The van der Waals surface area contributed by atoms with Crippen LogP contribution in [0.1, 0.15) is 65.2 Å². The standard InChI is InChI=1S/C15H32N2/c1-4-6-7-11-17(3)15(13-16)10-8-9-14(5-2)12-15/h14H,4-13,16H2,1-3H3. The highest BCUT2D eigenvalue weighted by atomic mass is 15.2. The van der Waals surface area contributed by atoms with Gasteiger partial charge >= 0.3 is 0 Å². The molecule has 0 heterocycles. The fourth-order valence-corrected chi connectivity index (χ4v) is 3.33. The van der Waals surface area contributed by atoms with E-state index in [-0.39, 0.29) is 0 Å². The van der Waals surface area contributed by atoms with Crippen LogP contribution in [0.25, 0.3) is 0 Å². The number of unbranched alkanes of at least 4 members (excludes halogenated alkanes) is 2. The molecule has 0 radical (unpaired) electrons. The minimum Gasteiger partial charge on any atom is -0.329 e. The second-order valence-corrected chi connectivity index (χ2v) is 5.93. The van der Waals surface area contributed by atoms with Crippen molar-refractivity contribution in [3.8, 4) is 0 Å². The lowest BCUT2D eigenvalue weighted by Gasteiger charge is -2.46. The first kappa shape index (κ1) is 15.0. The molecular formula is C15H32N2. The molecule has 1 rings (SSSR count). The van der Waals surface area contributed by atoms with Gasteiger partial charge in [0.25, 0.3) is 0 Å². The SMILES string of the molecule is CCCCCN(C)C1(CN)CCCC(CC)C1. The van der Waals surface area contributed by atoms with Crippen LogP contribution in [0.15, 0.2) is 0 Å². The third-order valence-corrected chi connectivity index (χ3v) is 4.79. The second kappa shape index (κ2) is 7.38. The van der Waals surface area contributed by atoms with E-state index in [9.17, 15) is 0 Å². The summed E-state index contributed by atoms with van der Waals surface area (Å²) in [6.07, 6.45) is 10.7. The average Bonchev–Trinajstić information content (AvgIpc) is 2.38. The van der Waals surface area contributed by atoms with Gasteiger partial charge in [0.2, 0.25) is 0 Å². The Morgan fingerprint density at radius 1 is 1.29 bits per heavy atom. The summed E-state index contributed by atoms with van der Waals surface area (Å²) in [5.74, 6) is 0.904. The third-order valence-electron chi connectivity index (χ3n) is 4.79. The van der Waals surface area contributed by atoms with Gasteiger partial charge in [-0.2, -0.15) is 0 Å². The predicted molar refractivity (Wildman–Crippen MR) is 76.2 cm³/mol. The lowest BCUT2D eigenvalue weighted by molar-refractivity contribution is 0.0551. The number of nitrogens with two attached hydrogens (primary N) is 1. The molecule has 0 aromatic carbocycles. The van der Waals surface area contributed by atoms with Gasteiger partial charge in [0.05, 0.1) is 0 Å². The van der Waals surface area contributed by atoms with Crippen LogP contribution in [0.5, 0.6) is 0 Å². The molecule has 0 amide bonds. The number of nitrogens with zero attached hydrogens (tertiary/aromatic N) is 1. The topological polar surface area (TPSA) is 29.3 Å². The highest BCUT2D eigenvalue weighted by molar-refractivity contribution is 4.95. The molecule has 0 aliphatic heterocycles. The van der Waals surface area contributed by atoms with E-state index in [2.05, 4.69) is 25.8 Å². The maximum atomic E-state index is 6.12. The molecule has 2 nitrogen and oxygen atoms in total. The number of likely N-dealkylation sites (N-methyl/N-ethyl adjacent to an activating group) is 1. The van der Waals surface area contributed by atoms with Crippen LogP contribution in [0.4, 0.5) is 0 Å². The zero-order chi connectivity index (χ0) is 12.7. The highest BCUT2D eigenvalue weighted by Gasteiger charge is 2.37. The van der Waals surface area contributed by atoms with Crippen molar-refractivity contribution in [2.24, 2.45) is 11.7 Å². The number of hydrogen-bond donors (Lipinski definition) is 1. The number of rotatable bonds is 7. The first-order valence-corrected chi connectivity index (χ1v) is 7.59. The van der Waals surface area contributed by atoms with E-state index < -0.39 is 0 Å². The van der Waals surface area contributed by atoms with Crippen LogP contribution < -0.4 is 5.73 Å². The van der Waals surface area contributed by atoms with Crippen molar-refractivity contribution in [3.63, 3.8) is 0 Å². The lowest BCUT2D eigenvalue weighted by Crippen LogP contribution is -2.55. The molecule has 0 aromatic rings. The molecule has 2 N–H and O–H groups in total. The zero-order valence-electron chi connectivity index (χ0n) is 12.2. The summed E-state index contributed by atoms with van der Waals surface area (Å²) >= 11 is 0. The molecule has 0 saturated heterocycles. The van der Waals surface area contributed by atoms with E-state index in [0.29, 0.717) is 5.54 Å². The van der Waals surface area contributed by atoms with Crippen LogP contribution >= 0.6 is 0 Å². The van der Waals surface area contributed by atoms with Crippen molar-refractivity contribution in [3.05, 3.63) is 0 Å². The Labute approximate surface area is 108 Å². The maximum absolute atomic E-state index is 6.12. The molecular weight excluding hydrogens is 208 g/mol. The minimum absolute atomic E-state index is 0.312. The first-order valence-electron chi connectivity index (χ1n) is 7.59. The Balaban J connectivity index is 2.53. The molecule has 1 aliphatic carbocycles. The fourth-order valence-electron chi connectivity index (χ4n) is 3.33. The zero-order valence-corrected chi connectivity index (χ0v) is 12.2. The van der Waals surface area contributed by atoms with Gasteiger partial charge in [-0.1, -0.05) is 46.0 Å². The predicted octanol–water partition coefficient (Wildman–Crippen LogP) is 3.41. The van der Waals surface area contributed by atoms with Gasteiger partial charge in [-0.25, -0.2) is 0 Å².